The molecule has 1 aliphatic carbocycles. The van der Waals surface area contributed by atoms with Gasteiger partial charge in [-0.25, -0.2) is 13.1 Å². The van der Waals surface area contributed by atoms with E-state index in [2.05, 4.69) is 15.4 Å². The van der Waals surface area contributed by atoms with Gasteiger partial charge in [0.1, 0.15) is 5.76 Å². The average Bonchev–Trinajstić information content (AvgIpc) is 3.20. The molecule has 1 aliphatic rings. The van der Waals surface area contributed by atoms with E-state index in [9.17, 15) is 13.2 Å². The first kappa shape index (κ1) is 16.5. The zero-order valence-corrected chi connectivity index (χ0v) is 14.2. The zero-order valence-electron chi connectivity index (χ0n) is 13.4. The number of nitrogens with one attached hydrogen (secondary N) is 3. The number of hydrogen-bond acceptors (Lipinski definition) is 5. The smallest absolute Gasteiger partial charge is 0.240 e. The van der Waals surface area contributed by atoms with Crippen molar-refractivity contribution in [2.75, 3.05) is 24.7 Å². The van der Waals surface area contributed by atoms with E-state index >= 15 is 0 Å². The highest BCUT2D eigenvalue weighted by atomic mass is 32.2. The van der Waals surface area contributed by atoms with Gasteiger partial charge in [-0.15, -0.1) is 0 Å². The van der Waals surface area contributed by atoms with Gasteiger partial charge in [0.15, 0.2) is 0 Å². The van der Waals surface area contributed by atoms with Gasteiger partial charge in [-0.3, -0.25) is 4.79 Å². The van der Waals surface area contributed by atoms with Crippen molar-refractivity contribution in [3.05, 3.63) is 42.4 Å². The topological polar surface area (TPSA) is 100 Å². The number of anilines is 2. The van der Waals surface area contributed by atoms with Crippen LogP contribution in [0.25, 0.3) is 0 Å². The lowest BCUT2D eigenvalue weighted by Crippen LogP contribution is -2.20. The summed E-state index contributed by atoms with van der Waals surface area (Å²) in [5.41, 5.74) is 1.08. The summed E-state index contributed by atoms with van der Waals surface area (Å²) in [7, 11) is -0.523. The number of amides is 1. The van der Waals surface area contributed by atoms with Gasteiger partial charge < -0.3 is 15.1 Å². The molecule has 1 heterocycles. The van der Waals surface area contributed by atoms with Gasteiger partial charge in [-0.2, -0.15) is 0 Å². The molecule has 1 saturated carbocycles. The van der Waals surface area contributed by atoms with Gasteiger partial charge >= 0.3 is 0 Å². The van der Waals surface area contributed by atoms with Crippen molar-refractivity contribution in [1.82, 2.24) is 4.72 Å². The van der Waals surface area contributed by atoms with E-state index in [1.165, 1.54) is 19.2 Å². The molecule has 0 unspecified atom stereocenters. The Kier molecular flexibility index (Phi) is 4.33. The summed E-state index contributed by atoms with van der Waals surface area (Å²) in [6.07, 6.45) is 2.32. The fourth-order valence-corrected chi connectivity index (χ4v) is 3.41. The third-order valence-electron chi connectivity index (χ3n) is 4.13. The van der Waals surface area contributed by atoms with E-state index in [-0.39, 0.29) is 22.6 Å². The quantitative estimate of drug-likeness (QED) is 0.740. The summed E-state index contributed by atoms with van der Waals surface area (Å²) in [5, 5.41) is 5.76. The second kappa shape index (κ2) is 6.29. The maximum atomic E-state index is 12.4. The molecule has 2 aromatic rings. The van der Waals surface area contributed by atoms with Crippen LogP contribution in [0.5, 0.6) is 0 Å². The molecule has 1 amide bonds. The SMILES string of the molecule is CNc1ccc(S(=O)(=O)NC)cc1NC(=O)[C@H]1C[C@@H]1c1ccco1. The van der Waals surface area contributed by atoms with Crippen molar-refractivity contribution >= 4 is 27.3 Å². The summed E-state index contributed by atoms with van der Waals surface area (Å²) in [6.45, 7) is 0. The van der Waals surface area contributed by atoms with Gasteiger partial charge in [0, 0.05) is 18.9 Å². The van der Waals surface area contributed by atoms with Crippen LogP contribution in [0.1, 0.15) is 18.1 Å². The lowest BCUT2D eigenvalue weighted by Gasteiger charge is -2.13. The van der Waals surface area contributed by atoms with Crippen molar-refractivity contribution in [3.63, 3.8) is 0 Å². The first-order valence-corrected chi connectivity index (χ1v) is 9.04. The van der Waals surface area contributed by atoms with Crippen LogP contribution >= 0.6 is 0 Å². The molecule has 2 atom stereocenters. The van der Waals surface area contributed by atoms with Crippen molar-refractivity contribution in [2.45, 2.75) is 17.2 Å². The molecule has 3 N–H and O–H groups in total. The molecule has 0 radical (unpaired) electrons. The highest BCUT2D eigenvalue weighted by molar-refractivity contribution is 7.89. The second-order valence-corrected chi connectivity index (χ2v) is 7.50. The van der Waals surface area contributed by atoms with Crippen molar-refractivity contribution in [1.29, 1.82) is 0 Å². The molecule has 1 fully saturated rings. The Hall–Kier alpha value is -2.32. The van der Waals surface area contributed by atoms with Crippen molar-refractivity contribution in [3.8, 4) is 0 Å². The molecule has 0 bridgehead atoms. The van der Waals surface area contributed by atoms with Crippen LogP contribution in [0.2, 0.25) is 0 Å². The number of rotatable bonds is 6. The average molecular weight is 349 g/mol. The maximum absolute atomic E-state index is 12.4. The fraction of sp³-hybridized carbons (Fsp3) is 0.312. The number of furan rings is 1. The lowest BCUT2D eigenvalue weighted by molar-refractivity contribution is -0.117. The van der Waals surface area contributed by atoms with Crippen LogP contribution in [0, 0.1) is 5.92 Å². The minimum Gasteiger partial charge on any atom is -0.469 e. The van der Waals surface area contributed by atoms with Gasteiger partial charge in [0.2, 0.25) is 15.9 Å². The Bertz CT molecular complexity index is 846. The molecular weight excluding hydrogens is 330 g/mol. The molecule has 24 heavy (non-hydrogen) atoms. The van der Waals surface area contributed by atoms with E-state index in [0.29, 0.717) is 11.4 Å². The molecule has 1 aromatic heterocycles. The van der Waals surface area contributed by atoms with E-state index < -0.39 is 10.0 Å². The minimum absolute atomic E-state index is 0.0854. The summed E-state index contributed by atoms with van der Waals surface area (Å²) >= 11 is 0. The molecule has 0 spiro atoms. The highest BCUT2D eigenvalue weighted by Gasteiger charge is 2.46. The number of hydrogen-bond donors (Lipinski definition) is 3. The fourth-order valence-electron chi connectivity index (χ4n) is 2.66. The summed E-state index contributed by atoms with van der Waals surface area (Å²) in [5.74, 6) is 0.579. The van der Waals surface area contributed by atoms with Gasteiger partial charge in [0.05, 0.1) is 22.5 Å². The zero-order chi connectivity index (χ0) is 17.3. The Labute approximate surface area is 140 Å². The van der Waals surface area contributed by atoms with E-state index in [0.717, 1.165) is 12.2 Å². The monoisotopic (exact) mass is 349 g/mol. The van der Waals surface area contributed by atoms with Crippen LogP contribution in [0.4, 0.5) is 11.4 Å². The largest absolute Gasteiger partial charge is 0.469 e. The first-order valence-electron chi connectivity index (χ1n) is 7.56. The third-order valence-corrected chi connectivity index (χ3v) is 5.55. The lowest BCUT2D eigenvalue weighted by atomic mass is 10.2. The Morgan fingerprint density at radius 1 is 1.21 bits per heavy atom. The highest BCUT2D eigenvalue weighted by Crippen LogP contribution is 2.48. The summed E-state index contributed by atoms with van der Waals surface area (Å²) in [4.78, 5) is 12.5. The van der Waals surface area contributed by atoms with Gasteiger partial charge in [-0.1, -0.05) is 0 Å². The maximum Gasteiger partial charge on any atom is 0.240 e. The molecule has 3 rings (SSSR count). The predicted octanol–water partition coefficient (Wildman–Crippen LogP) is 1.97. The van der Waals surface area contributed by atoms with E-state index in [1.807, 2.05) is 6.07 Å². The van der Waals surface area contributed by atoms with Gasteiger partial charge in [-0.05, 0) is 43.8 Å². The van der Waals surface area contributed by atoms with Crippen LogP contribution in [0.3, 0.4) is 0 Å². The van der Waals surface area contributed by atoms with Crippen LogP contribution < -0.4 is 15.4 Å². The molecule has 7 nitrogen and oxygen atoms in total. The van der Waals surface area contributed by atoms with Crippen molar-refractivity contribution in [2.24, 2.45) is 5.92 Å². The van der Waals surface area contributed by atoms with Crippen LogP contribution in [-0.2, 0) is 14.8 Å². The molecular formula is C16H19N3O4S. The Morgan fingerprint density at radius 2 is 2.00 bits per heavy atom. The van der Waals surface area contributed by atoms with Gasteiger partial charge in [0.25, 0.3) is 0 Å². The van der Waals surface area contributed by atoms with Crippen LogP contribution in [-0.4, -0.2) is 28.4 Å². The molecule has 8 heteroatoms. The number of sulfonamides is 1. The summed E-state index contributed by atoms with van der Waals surface area (Å²) < 4.78 is 31.5. The standard InChI is InChI=1S/C16H19N3O4S/c1-17-13-6-5-10(24(21,22)18-2)8-14(13)19-16(20)12-9-11(12)15-4-3-7-23-15/h3-8,11-12,17-18H,9H2,1-2H3,(H,19,20)/t11-,12-/m0/s1. The van der Waals surface area contributed by atoms with E-state index in [1.54, 1.807) is 25.4 Å². The Balaban J connectivity index is 1.79. The van der Waals surface area contributed by atoms with Crippen molar-refractivity contribution < 1.29 is 17.6 Å². The Morgan fingerprint density at radius 3 is 2.62 bits per heavy atom. The second-order valence-electron chi connectivity index (χ2n) is 5.62. The third kappa shape index (κ3) is 3.15. The minimum atomic E-state index is -3.58. The molecule has 1 aromatic carbocycles. The van der Waals surface area contributed by atoms with E-state index in [4.69, 9.17) is 4.42 Å². The molecule has 0 saturated heterocycles. The predicted molar refractivity (Wildman–Crippen MR) is 90.4 cm³/mol. The molecule has 128 valence electrons. The van der Waals surface area contributed by atoms with Crippen LogP contribution in [0.15, 0.2) is 45.9 Å². The first-order chi connectivity index (χ1) is 11.5. The summed E-state index contributed by atoms with van der Waals surface area (Å²) in [6, 6.07) is 8.21. The number of benzene rings is 1. The number of carbonyl (C=O) groups excluding carboxylic acids is 1. The normalized spacial score (nSPS) is 19.8. The molecule has 0 aliphatic heterocycles. The number of carbonyl (C=O) groups is 1.